The van der Waals surface area contributed by atoms with Crippen LogP contribution in [-0.2, 0) is 18.3 Å². The molecule has 124 valence electrons. The largest absolute Gasteiger partial charge is 0.342 e. The summed E-state index contributed by atoms with van der Waals surface area (Å²) in [5.41, 5.74) is 4.20. The summed E-state index contributed by atoms with van der Waals surface area (Å²) < 4.78 is 1.86. The molecular formula is C17H24N4OS. The van der Waals surface area contributed by atoms with Gasteiger partial charge in [-0.25, -0.2) is 4.98 Å². The Bertz CT molecular complexity index is 718. The Balaban J connectivity index is 1.70. The average molecular weight is 332 g/mol. The predicted octanol–water partition coefficient (Wildman–Crippen LogP) is 2.75. The lowest BCUT2D eigenvalue weighted by atomic mass is 9.98. The first kappa shape index (κ1) is 16.2. The number of hydrogen-bond donors (Lipinski definition) is 0. The van der Waals surface area contributed by atoms with Gasteiger partial charge in [0.2, 0.25) is 5.91 Å². The highest BCUT2D eigenvalue weighted by molar-refractivity contribution is 7.09. The zero-order valence-electron chi connectivity index (χ0n) is 14.3. The number of piperidine rings is 1. The fourth-order valence-electron chi connectivity index (χ4n) is 3.30. The molecule has 0 saturated carbocycles. The van der Waals surface area contributed by atoms with E-state index in [-0.39, 0.29) is 5.91 Å². The molecule has 0 bridgehead atoms. The third-order valence-electron chi connectivity index (χ3n) is 4.75. The standard InChI is InChI=1S/C17H24N4OS/c1-11-10-23-17(18-11)14-6-5-7-21(9-14)16(22)8-15-12(2)19-20(4)13(15)3/h10,14H,5-9H2,1-4H3/t14-/m1/s1. The quantitative estimate of drug-likeness (QED) is 0.868. The highest BCUT2D eigenvalue weighted by Gasteiger charge is 2.27. The van der Waals surface area contributed by atoms with Crippen LogP contribution in [0.25, 0.3) is 0 Å². The first-order chi connectivity index (χ1) is 11.0. The Morgan fingerprint density at radius 3 is 2.78 bits per heavy atom. The monoisotopic (exact) mass is 332 g/mol. The molecule has 0 aromatic carbocycles. The van der Waals surface area contributed by atoms with E-state index < -0.39 is 0 Å². The molecule has 0 spiro atoms. The Kier molecular flexibility index (Phi) is 4.53. The summed E-state index contributed by atoms with van der Waals surface area (Å²) in [6, 6.07) is 0. The van der Waals surface area contributed by atoms with Crippen LogP contribution in [0.4, 0.5) is 0 Å². The van der Waals surface area contributed by atoms with Crippen LogP contribution in [0.3, 0.4) is 0 Å². The van der Waals surface area contributed by atoms with Gasteiger partial charge < -0.3 is 4.90 Å². The summed E-state index contributed by atoms with van der Waals surface area (Å²) >= 11 is 1.72. The second-order valence-corrected chi connectivity index (χ2v) is 7.35. The van der Waals surface area contributed by atoms with Gasteiger partial charge in [-0.2, -0.15) is 5.10 Å². The third-order valence-corrected chi connectivity index (χ3v) is 5.87. The first-order valence-electron chi connectivity index (χ1n) is 8.14. The third kappa shape index (κ3) is 3.32. The summed E-state index contributed by atoms with van der Waals surface area (Å²) in [6.07, 6.45) is 2.64. The van der Waals surface area contributed by atoms with Crippen molar-refractivity contribution in [1.82, 2.24) is 19.7 Å². The number of carbonyl (C=O) groups is 1. The van der Waals surface area contributed by atoms with Crippen LogP contribution in [0.5, 0.6) is 0 Å². The maximum atomic E-state index is 12.7. The zero-order valence-corrected chi connectivity index (χ0v) is 15.1. The van der Waals surface area contributed by atoms with E-state index in [4.69, 9.17) is 0 Å². The molecule has 1 aliphatic rings. The van der Waals surface area contributed by atoms with E-state index in [0.29, 0.717) is 12.3 Å². The van der Waals surface area contributed by atoms with Gasteiger partial charge in [0, 0.05) is 48.4 Å². The number of rotatable bonds is 3. The van der Waals surface area contributed by atoms with Gasteiger partial charge in [0.1, 0.15) is 0 Å². The van der Waals surface area contributed by atoms with E-state index >= 15 is 0 Å². The number of aryl methyl sites for hydroxylation is 3. The van der Waals surface area contributed by atoms with E-state index in [1.807, 2.05) is 37.4 Å². The highest BCUT2D eigenvalue weighted by Crippen LogP contribution is 2.29. The summed E-state index contributed by atoms with van der Waals surface area (Å²) in [7, 11) is 1.93. The van der Waals surface area contributed by atoms with E-state index in [1.165, 1.54) is 5.01 Å². The molecule has 1 fully saturated rings. The van der Waals surface area contributed by atoms with E-state index in [1.54, 1.807) is 11.3 Å². The smallest absolute Gasteiger partial charge is 0.227 e. The number of likely N-dealkylation sites (tertiary alicyclic amines) is 1. The number of hydrogen-bond acceptors (Lipinski definition) is 4. The Morgan fingerprint density at radius 2 is 2.17 bits per heavy atom. The van der Waals surface area contributed by atoms with Crippen LogP contribution in [0.2, 0.25) is 0 Å². The Hall–Kier alpha value is -1.69. The maximum absolute atomic E-state index is 12.7. The summed E-state index contributed by atoms with van der Waals surface area (Å²) in [5.74, 6) is 0.602. The highest BCUT2D eigenvalue weighted by atomic mass is 32.1. The lowest BCUT2D eigenvalue weighted by molar-refractivity contribution is -0.131. The van der Waals surface area contributed by atoms with Crippen molar-refractivity contribution in [3.63, 3.8) is 0 Å². The molecule has 3 heterocycles. The van der Waals surface area contributed by atoms with Crippen LogP contribution >= 0.6 is 11.3 Å². The summed E-state index contributed by atoms with van der Waals surface area (Å²) in [6.45, 7) is 7.69. The van der Waals surface area contributed by atoms with Crippen molar-refractivity contribution in [2.75, 3.05) is 13.1 Å². The normalized spacial score (nSPS) is 18.4. The van der Waals surface area contributed by atoms with Crippen molar-refractivity contribution >= 4 is 17.2 Å². The number of amides is 1. The average Bonchev–Trinajstić information content (AvgIpc) is 3.06. The molecule has 23 heavy (non-hydrogen) atoms. The SMILES string of the molecule is Cc1csc([C@@H]2CCCN(C(=O)Cc3c(C)nn(C)c3C)C2)n1. The van der Waals surface area contributed by atoms with E-state index in [9.17, 15) is 4.79 Å². The van der Waals surface area contributed by atoms with E-state index in [2.05, 4.69) is 15.5 Å². The zero-order chi connectivity index (χ0) is 16.6. The van der Waals surface area contributed by atoms with Crippen molar-refractivity contribution < 1.29 is 4.79 Å². The van der Waals surface area contributed by atoms with Crippen LogP contribution in [0.1, 0.15) is 46.4 Å². The van der Waals surface area contributed by atoms with Crippen molar-refractivity contribution in [2.45, 2.75) is 46.0 Å². The molecular weight excluding hydrogens is 308 g/mol. The Labute approximate surface area is 141 Å². The molecule has 6 heteroatoms. The molecule has 1 aliphatic heterocycles. The second-order valence-electron chi connectivity index (χ2n) is 6.46. The van der Waals surface area contributed by atoms with Gasteiger partial charge in [-0.1, -0.05) is 0 Å². The van der Waals surface area contributed by atoms with Gasteiger partial charge in [-0.15, -0.1) is 11.3 Å². The van der Waals surface area contributed by atoms with Gasteiger partial charge >= 0.3 is 0 Å². The molecule has 0 N–H and O–H groups in total. The van der Waals surface area contributed by atoms with Crippen molar-refractivity contribution in [3.8, 4) is 0 Å². The molecule has 0 radical (unpaired) electrons. The van der Waals surface area contributed by atoms with Crippen molar-refractivity contribution in [1.29, 1.82) is 0 Å². The Morgan fingerprint density at radius 1 is 1.39 bits per heavy atom. The van der Waals surface area contributed by atoms with Gasteiger partial charge in [0.05, 0.1) is 17.1 Å². The number of nitrogens with zero attached hydrogens (tertiary/aromatic N) is 4. The number of thiazole rings is 1. The van der Waals surface area contributed by atoms with Crippen molar-refractivity contribution in [2.24, 2.45) is 7.05 Å². The van der Waals surface area contributed by atoms with Crippen molar-refractivity contribution in [3.05, 3.63) is 33.0 Å². The topological polar surface area (TPSA) is 51.0 Å². The molecule has 2 aromatic heterocycles. The van der Waals surface area contributed by atoms with Crippen LogP contribution in [0, 0.1) is 20.8 Å². The lowest BCUT2D eigenvalue weighted by Gasteiger charge is -2.32. The first-order valence-corrected chi connectivity index (χ1v) is 9.02. The number of aromatic nitrogens is 3. The minimum Gasteiger partial charge on any atom is -0.342 e. The number of carbonyl (C=O) groups excluding carboxylic acids is 1. The van der Waals surface area contributed by atoms with Gasteiger partial charge in [-0.05, 0) is 33.6 Å². The molecule has 0 unspecified atom stereocenters. The fourth-order valence-corrected chi connectivity index (χ4v) is 4.23. The van der Waals surface area contributed by atoms with Crippen LogP contribution in [-0.4, -0.2) is 38.7 Å². The van der Waals surface area contributed by atoms with Crippen LogP contribution < -0.4 is 0 Å². The minimum absolute atomic E-state index is 0.210. The predicted molar refractivity (Wildman–Crippen MR) is 91.8 cm³/mol. The molecule has 2 aromatic rings. The molecule has 1 amide bonds. The maximum Gasteiger partial charge on any atom is 0.227 e. The van der Waals surface area contributed by atoms with Crippen LogP contribution in [0.15, 0.2) is 5.38 Å². The molecule has 3 rings (SSSR count). The van der Waals surface area contributed by atoms with E-state index in [0.717, 1.165) is 48.6 Å². The molecule has 0 aliphatic carbocycles. The van der Waals surface area contributed by atoms with Gasteiger partial charge in [-0.3, -0.25) is 9.48 Å². The summed E-state index contributed by atoms with van der Waals surface area (Å²) in [5, 5.41) is 7.68. The van der Waals surface area contributed by atoms with Gasteiger partial charge in [0.15, 0.2) is 0 Å². The molecule has 5 nitrogen and oxygen atoms in total. The minimum atomic E-state index is 0.210. The second kappa shape index (κ2) is 6.43. The fraction of sp³-hybridized carbons (Fsp3) is 0.588. The van der Waals surface area contributed by atoms with Gasteiger partial charge in [0.25, 0.3) is 0 Å². The lowest BCUT2D eigenvalue weighted by Crippen LogP contribution is -2.40. The molecule has 1 atom stereocenters. The molecule has 1 saturated heterocycles. The summed E-state index contributed by atoms with van der Waals surface area (Å²) in [4.78, 5) is 19.4.